The zero-order chi connectivity index (χ0) is 16.4. The fourth-order valence-corrected chi connectivity index (χ4v) is 3.48. The van der Waals surface area contributed by atoms with Gasteiger partial charge in [0.1, 0.15) is 5.82 Å². The highest BCUT2D eigenvalue weighted by molar-refractivity contribution is 8.00. The lowest BCUT2D eigenvalue weighted by Gasteiger charge is -2.16. The highest BCUT2D eigenvalue weighted by atomic mass is 32.2. The molecule has 2 amide bonds. The number of halogens is 1. The number of hydrogen-bond donors (Lipinski definition) is 1. The molecule has 1 aromatic carbocycles. The van der Waals surface area contributed by atoms with Crippen molar-refractivity contribution < 1.29 is 14.0 Å². The van der Waals surface area contributed by atoms with Crippen molar-refractivity contribution in [3.63, 3.8) is 0 Å². The molecule has 1 N–H and O–H groups in total. The standard InChI is InChI=1S/C14H13FN4O2S2/c1-22-14-18-17-13(23-14)16-12(21)8-6-11(20)19(7-8)10-4-2-9(15)3-5-10/h2-5,8H,6-7H2,1H3,(H,16,17,21)/t8-/m0/s1. The van der Waals surface area contributed by atoms with Crippen LogP contribution in [0.4, 0.5) is 15.2 Å². The lowest BCUT2D eigenvalue weighted by molar-refractivity contribution is -0.122. The molecule has 6 nitrogen and oxygen atoms in total. The number of nitrogens with zero attached hydrogens (tertiary/aromatic N) is 3. The molecule has 23 heavy (non-hydrogen) atoms. The second-order valence-corrected chi connectivity index (χ2v) is 6.98. The number of amides is 2. The minimum atomic E-state index is -0.464. The third-order valence-corrected chi connectivity index (χ3v) is 5.26. The molecular formula is C14H13FN4O2S2. The van der Waals surface area contributed by atoms with Crippen molar-refractivity contribution in [3.8, 4) is 0 Å². The van der Waals surface area contributed by atoms with Gasteiger partial charge in [-0.1, -0.05) is 23.1 Å². The number of rotatable bonds is 4. The van der Waals surface area contributed by atoms with Gasteiger partial charge in [0.05, 0.1) is 5.92 Å². The average Bonchev–Trinajstić information content (AvgIpc) is 3.15. The molecule has 0 radical (unpaired) electrons. The van der Waals surface area contributed by atoms with Gasteiger partial charge in [-0.15, -0.1) is 10.2 Å². The minimum Gasteiger partial charge on any atom is -0.312 e. The SMILES string of the molecule is CSc1nnc(NC(=O)[C@H]2CC(=O)N(c3ccc(F)cc3)C2)s1. The van der Waals surface area contributed by atoms with Crippen LogP contribution in [0, 0.1) is 11.7 Å². The first kappa shape index (κ1) is 15.9. The molecule has 0 spiro atoms. The topological polar surface area (TPSA) is 75.2 Å². The van der Waals surface area contributed by atoms with Crippen molar-refractivity contribution in [1.82, 2.24) is 10.2 Å². The summed E-state index contributed by atoms with van der Waals surface area (Å²) in [6.45, 7) is 0.268. The molecule has 1 aliphatic rings. The highest BCUT2D eigenvalue weighted by Crippen LogP contribution is 2.27. The molecule has 0 aliphatic carbocycles. The van der Waals surface area contributed by atoms with Crippen molar-refractivity contribution in [1.29, 1.82) is 0 Å². The monoisotopic (exact) mass is 352 g/mol. The molecule has 0 bridgehead atoms. The van der Waals surface area contributed by atoms with Gasteiger partial charge in [-0.05, 0) is 30.5 Å². The summed E-state index contributed by atoms with van der Waals surface area (Å²) in [5.74, 6) is -1.24. The Morgan fingerprint density at radius 1 is 1.39 bits per heavy atom. The number of thioether (sulfide) groups is 1. The van der Waals surface area contributed by atoms with Crippen LogP contribution in [0.3, 0.4) is 0 Å². The van der Waals surface area contributed by atoms with Gasteiger partial charge in [0.15, 0.2) is 4.34 Å². The van der Waals surface area contributed by atoms with Crippen molar-refractivity contribution in [2.75, 3.05) is 23.0 Å². The van der Waals surface area contributed by atoms with E-state index in [4.69, 9.17) is 0 Å². The first-order valence-corrected chi connectivity index (χ1v) is 8.85. The fourth-order valence-electron chi connectivity index (χ4n) is 2.30. The molecule has 1 fully saturated rings. The van der Waals surface area contributed by atoms with E-state index in [9.17, 15) is 14.0 Å². The summed E-state index contributed by atoms with van der Waals surface area (Å²) in [6.07, 6.45) is 2.00. The number of carbonyl (C=O) groups excluding carboxylic acids is 2. The summed E-state index contributed by atoms with van der Waals surface area (Å²) in [7, 11) is 0. The second-order valence-electron chi connectivity index (χ2n) is 4.95. The average molecular weight is 352 g/mol. The molecule has 0 unspecified atom stereocenters. The lowest BCUT2D eigenvalue weighted by Crippen LogP contribution is -2.28. The molecule has 1 aliphatic heterocycles. The van der Waals surface area contributed by atoms with E-state index in [1.165, 1.54) is 52.3 Å². The summed E-state index contributed by atoms with van der Waals surface area (Å²) in [6, 6.07) is 5.65. The van der Waals surface area contributed by atoms with Crippen LogP contribution in [0.5, 0.6) is 0 Å². The molecule has 1 aromatic heterocycles. The quantitative estimate of drug-likeness (QED) is 0.675. The Morgan fingerprint density at radius 3 is 2.78 bits per heavy atom. The molecule has 9 heteroatoms. The van der Waals surface area contributed by atoms with Crippen molar-refractivity contribution >= 4 is 45.7 Å². The molecular weight excluding hydrogens is 339 g/mol. The predicted molar refractivity (Wildman–Crippen MR) is 87.2 cm³/mol. The molecule has 2 heterocycles. The van der Waals surface area contributed by atoms with Gasteiger partial charge in [0, 0.05) is 18.7 Å². The van der Waals surface area contributed by atoms with Gasteiger partial charge in [-0.2, -0.15) is 0 Å². The van der Waals surface area contributed by atoms with E-state index < -0.39 is 5.92 Å². The Balaban J connectivity index is 1.66. The van der Waals surface area contributed by atoms with Gasteiger partial charge in [0.25, 0.3) is 0 Å². The van der Waals surface area contributed by atoms with E-state index in [1.807, 2.05) is 6.26 Å². The van der Waals surface area contributed by atoms with Crippen molar-refractivity contribution in [3.05, 3.63) is 30.1 Å². The molecule has 3 rings (SSSR count). The fraction of sp³-hybridized carbons (Fsp3) is 0.286. The minimum absolute atomic E-state index is 0.122. The van der Waals surface area contributed by atoms with Gasteiger partial charge in [-0.25, -0.2) is 4.39 Å². The maximum absolute atomic E-state index is 13.0. The van der Waals surface area contributed by atoms with Crippen LogP contribution in [0.1, 0.15) is 6.42 Å². The van der Waals surface area contributed by atoms with Crippen LogP contribution in [0.15, 0.2) is 28.6 Å². The third-order valence-electron chi connectivity index (χ3n) is 3.45. The highest BCUT2D eigenvalue weighted by Gasteiger charge is 2.35. The zero-order valence-corrected chi connectivity index (χ0v) is 13.8. The van der Waals surface area contributed by atoms with E-state index in [1.54, 1.807) is 0 Å². The van der Waals surface area contributed by atoms with Crippen LogP contribution in [-0.2, 0) is 9.59 Å². The normalized spacial score (nSPS) is 17.6. The van der Waals surface area contributed by atoms with E-state index in [-0.39, 0.29) is 30.6 Å². The second kappa shape index (κ2) is 6.63. The number of carbonyl (C=O) groups is 2. The number of hydrogen-bond acceptors (Lipinski definition) is 6. The summed E-state index contributed by atoms with van der Waals surface area (Å²) < 4.78 is 13.7. The van der Waals surface area contributed by atoms with Gasteiger partial charge >= 0.3 is 0 Å². The summed E-state index contributed by atoms with van der Waals surface area (Å²) in [4.78, 5) is 25.9. The van der Waals surface area contributed by atoms with Crippen LogP contribution in [0.2, 0.25) is 0 Å². The Labute approximate surface area is 140 Å². The van der Waals surface area contributed by atoms with Gasteiger partial charge in [-0.3, -0.25) is 9.59 Å². The van der Waals surface area contributed by atoms with Gasteiger partial charge in [0.2, 0.25) is 16.9 Å². The van der Waals surface area contributed by atoms with E-state index in [2.05, 4.69) is 15.5 Å². The molecule has 120 valence electrons. The summed E-state index contributed by atoms with van der Waals surface area (Å²) >= 11 is 2.74. The van der Waals surface area contributed by atoms with Crippen molar-refractivity contribution in [2.24, 2.45) is 5.92 Å². The van der Waals surface area contributed by atoms with E-state index >= 15 is 0 Å². The Kier molecular flexibility index (Phi) is 4.58. The number of benzene rings is 1. The summed E-state index contributed by atoms with van der Waals surface area (Å²) in [5, 5.41) is 10.9. The van der Waals surface area contributed by atoms with Crippen LogP contribution in [-0.4, -0.2) is 34.8 Å². The zero-order valence-electron chi connectivity index (χ0n) is 12.2. The maximum Gasteiger partial charge on any atom is 0.231 e. The smallest absolute Gasteiger partial charge is 0.231 e. The van der Waals surface area contributed by atoms with Crippen LogP contribution in [0.25, 0.3) is 0 Å². The third kappa shape index (κ3) is 3.50. The van der Waals surface area contributed by atoms with Crippen molar-refractivity contribution in [2.45, 2.75) is 10.8 Å². The lowest BCUT2D eigenvalue weighted by atomic mass is 10.1. The first-order chi connectivity index (χ1) is 11.1. The number of aromatic nitrogens is 2. The Hall–Kier alpha value is -2.00. The summed E-state index contributed by atoms with van der Waals surface area (Å²) in [5.41, 5.74) is 0.590. The van der Waals surface area contributed by atoms with E-state index in [0.717, 1.165) is 4.34 Å². The van der Waals surface area contributed by atoms with Gasteiger partial charge < -0.3 is 10.2 Å². The molecule has 1 atom stereocenters. The molecule has 2 aromatic rings. The van der Waals surface area contributed by atoms with E-state index in [0.29, 0.717) is 10.8 Å². The maximum atomic E-state index is 13.0. The van der Waals surface area contributed by atoms with Crippen LogP contribution >= 0.6 is 23.1 Å². The first-order valence-electron chi connectivity index (χ1n) is 6.81. The molecule has 1 saturated heterocycles. The number of nitrogens with one attached hydrogen (secondary N) is 1. The Bertz CT molecular complexity index is 735. The molecule has 0 saturated carbocycles. The number of anilines is 2. The van der Waals surface area contributed by atoms with Crippen LogP contribution < -0.4 is 10.2 Å². The largest absolute Gasteiger partial charge is 0.312 e. The Morgan fingerprint density at radius 2 is 2.13 bits per heavy atom. The predicted octanol–water partition coefficient (Wildman–Crippen LogP) is 2.39.